The van der Waals surface area contributed by atoms with E-state index in [4.69, 9.17) is 0 Å². The first kappa shape index (κ1) is 21.5. The Labute approximate surface area is 185 Å². The third kappa shape index (κ3) is 4.94. The second kappa shape index (κ2) is 9.15. The normalized spacial score (nSPS) is 15.7. The molecular formula is C22H24N4O3S2. The lowest BCUT2D eigenvalue weighted by Crippen LogP contribution is -2.25. The van der Waals surface area contributed by atoms with E-state index in [1.54, 1.807) is 40.5 Å². The van der Waals surface area contributed by atoms with Crippen LogP contribution in [0.2, 0.25) is 0 Å². The molecule has 0 radical (unpaired) electrons. The van der Waals surface area contributed by atoms with Gasteiger partial charge in [-0.25, -0.2) is 13.4 Å². The van der Waals surface area contributed by atoms with E-state index in [1.165, 1.54) is 0 Å². The monoisotopic (exact) mass is 456 g/mol. The number of carbonyl (C=O) groups is 1. The zero-order chi connectivity index (χ0) is 21.8. The zero-order valence-electron chi connectivity index (χ0n) is 17.2. The molecule has 0 atom stereocenters. The van der Waals surface area contributed by atoms with Crippen molar-refractivity contribution in [3.63, 3.8) is 0 Å². The van der Waals surface area contributed by atoms with E-state index in [1.807, 2.05) is 31.3 Å². The molecule has 4 rings (SSSR count). The molecule has 1 N–H and O–H groups in total. The first-order chi connectivity index (χ1) is 14.9. The summed E-state index contributed by atoms with van der Waals surface area (Å²) in [6, 6.07) is 14.8. The second-order valence-corrected chi connectivity index (χ2v) is 10.2. The van der Waals surface area contributed by atoms with Crippen LogP contribution in [0.15, 0.2) is 58.4 Å². The lowest BCUT2D eigenvalue weighted by atomic mass is 10.1. The fraction of sp³-hybridized carbons (Fsp3) is 0.318. The van der Waals surface area contributed by atoms with Gasteiger partial charge in [-0.15, -0.1) is 11.3 Å². The van der Waals surface area contributed by atoms with Crippen LogP contribution < -0.4 is 4.72 Å². The molecule has 0 spiro atoms. The summed E-state index contributed by atoms with van der Waals surface area (Å²) < 4.78 is 27.8. The maximum absolute atomic E-state index is 12.4. The van der Waals surface area contributed by atoms with Gasteiger partial charge in [0.25, 0.3) is 10.0 Å². The van der Waals surface area contributed by atoms with Gasteiger partial charge in [-0.2, -0.15) is 0 Å². The molecule has 2 heterocycles. The summed E-state index contributed by atoms with van der Waals surface area (Å²) in [6.07, 6.45) is 2.90. The van der Waals surface area contributed by atoms with E-state index in [-0.39, 0.29) is 10.8 Å². The number of hydrogen-bond donors (Lipinski definition) is 1. The van der Waals surface area contributed by atoms with Crippen molar-refractivity contribution in [3.8, 4) is 0 Å². The Hall–Kier alpha value is -2.78. The minimum Gasteiger partial charge on any atom is -0.339 e. The molecule has 0 fully saturated rings. The number of hydrogen-bond acceptors (Lipinski definition) is 6. The largest absolute Gasteiger partial charge is 0.339 e. The Balaban J connectivity index is 1.20. The molecule has 162 valence electrons. The molecule has 0 saturated carbocycles. The van der Waals surface area contributed by atoms with Crippen LogP contribution >= 0.6 is 11.3 Å². The number of para-hydroxylation sites is 1. The van der Waals surface area contributed by atoms with Crippen LogP contribution in [-0.4, -0.2) is 43.6 Å². The number of thiazole rings is 1. The minimum absolute atomic E-state index is 0.100. The molecule has 3 aromatic rings. The second-order valence-electron chi connectivity index (χ2n) is 7.47. The molecule has 0 saturated heterocycles. The van der Waals surface area contributed by atoms with Gasteiger partial charge >= 0.3 is 0 Å². The number of unbranched alkanes of at least 4 members (excludes halogenated alkanes) is 2. The van der Waals surface area contributed by atoms with Gasteiger partial charge in [0.15, 0.2) is 0 Å². The molecule has 9 heteroatoms. The lowest BCUT2D eigenvalue weighted by Gasteiger charge is -2.15. The summed E-state index contributed by atoms with van der Waals surface area (Å²) in [5, 5.41) is 0.937. The van der Waals surface area contributed by atoms with E-state index in [0.717, 1.165) is 34.5 Å². The van der Waals surface area contributed by atoms with Crippen LogP contribution in [0.1, 0.15) is 36.3 Å². The van der Waals surface area contributed by atoms with Gasteiger partial charge < -0.3 is 4.90 Å². The van der Waals surface area contributed by atoms with Gasteiger partial charge in [0.2, 0.25) is 5.91 Å². The standard InChI is InChI=1S/C22H24N4O3S2/c1-26(15-20-24-17-10-5-6-11-18(17)30-20)21(27)13-3-2-8-14-23-22-16-9-4-7-12-19(16)31(28,29)25-22/h4-7,9-12H,2-3,8,13-15H2,1H3,(H,23,25). The van der Waals surface area contributed by atoms with Crippen molar-refractivity contribution < 1.29 is 13.2 Å². The average molecular weight is 457 g/mol. The number of aliphatic imine (C=N–C) groups is 1. The van der Waals surface area contributed by atoms with Gasteiger partial charge in [-0.05, 0) is 37.1 Å². The maximum Gasteiger partial charge on any atom is 0.263 e. The number of sulfonamides is 1. The van der Waals surface area contributed by atoms with E-state index < -0.39 is 10.0 Å². The number of fused-ring (bicyclic) bond motifs is 2. The van der Waals surface area contributed by atoms with Crippen LogP contribution in [0.3, 0.4) is 0 Å². The summed E-state index contributed by atoms with van der Waals surface area (Å²) in [5.74, 6) is 0.505. The van der Waals surface area contributed by atoms with Gasteiger partial charge in [0, 0.05) is 25.6 Å². The quantitative estimate of drug-likeness (QED) is 0.525. The number of amides is 1. The Morgan fingerprint density at radius 1 is 1.10 bits per heavy atom. The van der Waals surface area contributed by atoms with Gasteiger partial charge in [0.1, 0.15) is 10.8 Å². The van der Waals surface area contributed by atoms with Crippen molar-refractivity contribution in [3.05, 3.63) is 59.1 Å². The van der Waals surface area contributed by atoms with Crippen molar-refractivity contribution in [2.75, 3.05) is 13.6 Å². The first-order valence-electron chi connectivity index (χ1n) is 10.2. The predicted molar refractivity (Wildman–Crippen MR) is 123 cm³/mol. The number of nitrogens with zero attached hydrogens (tertiary/aromatic N) is 3. The van der Waals surface area contributed by atoms with Crippen LogP contribution in [0.25, 0.3) is 10.2 Å². The summed E-state index contributed by atoms with van der Waals surface area (Å²) >= 11 is 1.62. The molecule has 0 unspecified atom stereocenters. The summed E-state index contributed by atoms with van der Waals surface area (Å²) in [7, 11) is -1.68. The third-order valence-corrected chi connectivity index (χ3v) is 7.54. The van der Waals surface area contributed by atoms with E-state index >= 15 is 0 Å². The lowest BCUT2D eigenvalue weighted by molar-refractivity contribution is -0.130. The van der Waals surface area contributed by atoms with Crippen molar-refractivity contribution >= 4 is 43.3 Å². The van der Waals surface area contributed by atoms with Crippen molar-refractivity contribution in [2.24, 2.45) is 4.99 Å². The Kier molecular flexibility index (Phi) is 6.33. The van der Waals surface area contributed by atoms with Crippen LogP contribution in [0, 0.1) is 0 Å². The summed E-state index contributed by atoms with van der Waals surface area (Å²) in [5.41, 5.74) is 1.59. The highest BCUT2D eigenvalue weighted by Crippen LogP contribution is 2.23. The van der Waals surface area contributed by atoms with Gasteiger partial charge in [0.05, 0.1) is 21.7 Å². The fourth-order valence-electron chi connectivity index (χ4n) is 3.48. The smallest absolute Gasteiger partial charge is 0.263 e. The number of amidine groups is 1. The molecule has 1 aliphatic heterocycles. The molecule has 7 nitrogen and oxygen atoms in total. The van der Waals surface area contributed by atoms with Crippen molar-refractivity contribution in [1.29, 1.82) is 0 Å². The Bertz CT molecular complexity index is 1200. The number of benzene rings is 2. The van der Waals surface area contributed by atoms with Crippen molar-refractivity contribution in [1.82, 2.24) is 14.6 Å². The number of aromatic nitrogens is 1. The van der Waals surface area contributed by atoms with Gasteiger partial charge in [-0.1, -0.05) is 30.7 Å². The zero-order valence-corrected chi connectivity index (χ0v) is 18.9. The Morgan fingerprint density at radius 2 is 1.87 bits per heavy atom. The van der Waals surface area contributed by atoms with Crippen LogP contribution in [0.5, 0.6) is 0 Å². The number of rotatable bonds is 8. The highest BCUT2D eigenvalue weighted by Gasteiger charge is 2.29. The van der Waals surface area contributed by atoms with Crippen molar-refractivity contribution in [2.45, 2.75) is 37.1 Å². The molecule has 1 aliphatic rings. The minimum atomic E-state index is -3.49. The molecular weight excluding hydrogens is 432 g/mol. The first-order valence-corrected chi connectivity index (χ1v) is 12.5. The van der Waals surface area contributed by atoms with E-state index in [9.17, 15) is 13.2 Å². The average Bonchev–Trinajstić information content (AvgIpc) is 3.28. The van der Waals surface area contributed by atoms with Crippen LogP contribution in [0.4, 0.5) is 0 Å². The molecule has 0 aliphatic carbocycles. The number of carbonyl (C=O) groups excluding carboxylic acids is 1. The molecule has 2 aromatic carbocycles. The highest BCUT2D eigenvalue weighted by molar-refractivity contribution is 7.90. The maximum atomic E-state index is 12.4. The SMILES string of the molecule is CN(Cc1nc2ccccc2s1)C(=O)CCCCCN=C1NS(=O)(=O)c2ccccc21. The number of nitrogens with one attached hydrogen (secondary N) is 1. The summed E-state index contributed by atoms with van der Waals surface area (Å²) in [6.45, 7) is 1.04. The summed E-state index contributed by atoms with van der Waals surface area (Å²) in [4.78, 5) is 23.4. The third-order valence-electron chi connectivity index (χ3n) is 5.12. The van der Waals surface area contributed by atoms with Gasteiger partial charge in [-0.3, -0.25) is 14.5 Å². The molecule has 0 bridgehead atoms. The van der Waals surface area contributed by atoms with E-state index in [0.29, 0.717) is 30.9 Å². The van der Waals surface area contributed by atoms with E-state index in [2.05, 4.69) is 14.7 Å². The highest BCUT2D eigenvalue weighted by atomic mass is 32.2. The molecule has 1 amide bonds. The van der Waals surface area contributed by atoms with Crippen LogP contribution in [-0.2, 0) is 21.4 Å². The predicted octanol–water partition coefficient (Wildman–Crippen LogP) is 3.55. The molecule has 1 aromatic heterocycles. The fourth-order valence-corrected chi connectivity index (χ4v) is 5.75. The Morgan fingerprint density at radius 3 is 2.71 bits per heavy atom. The molecule has 31 heavy (non-hydrogen) atoms. The topological polar surface area (TPSA) is 91.7 Å².